The van der Waals surface area contributed by atoms with E-state index >= 15 is 0 Å². The first-order valence-corrected chi connectivity index (χ1v) is 10.5. The van der Waals surface area contributed by atoms with Crippen molar-refractivity contribution in [2.45, 2.75) is 0 Å². The molecule has 2 aromatic rings. The van der Waals surface area contributed by atoms with Crippen molar-refractivity contribution in [3.8, 4) is 0 Å². The van der Waals surface area contributed by atoms with Crippen LogP contribution in [0.2, 0.25) is 0 Å². The van der Waals surface area contributed by atoms with E-state index in [4.69, 9.17) is 0 Å². The van der Waals surface area contributed by atoms with Gasteiger partial charge in [-0.15, -0.1) is 22.7 Å². The summed E-state index contributed by atoms with van der Waals surface area (Å²) in [7, 11) is 4.20. The number of rotatable bonds is 0. The fraction of sp³-hybridized carbons (Fsp3) is 0. The van der Waals surface area contributed by atoms with Gasteiger partial charge >= 0.3 is 25.2 Å². The fourth-order valence-electron chi connectivity index (χ4n) is 3.36. The summed E-state index contributed by atoms with van der Waals surface area (Å²) in [4.78, 5) is 0. The third-order valence-corrected chi connectivity index (χ3v) is 4.69. The van der Waals surface area contributed by atoms with Crippen LogP contribution in [0.15, 0.2) is 73.4 Å². The molecule has 0 N–H and O–H groups in total. The first-order chi connectivity index (χ1) is 14.9. The molecule has 0 radical (unpaired) electrons. The topological polar surface area (TPSA) is 56.4 Å². The second-order valence-electron chi connectivity index (χ2n) is 6.43. The zero-order valence-electron chi connectivity index (χ0n) is 15.7. The number of hydrogen-bond donors (Lipinski definition) is 0. The van der Waals surface area contributed by atoms with Crippen molar-refractivity contribution in [2.24, 2.45) is 0 Å². The molecular weight excluding hydrogens is 443 g/mol. The number of halogens is 1. The van der Waals surface area contributed by atoms with E-state index in [0.717, 1.165) is 43.6 Å². The molecule has 0 aliphatic carbocycles. The van der Waals surface area contributed by atoms with Crippen molar-refractivity contribution in [1.29, 1.82) is 0 Å². The monoisotopic (exact) mass is 458 g/mol. The maximum atomic E-state index is 4.35. The van der Waals surface area contributed by atoms with Crippen LogP contribution in [0.4, 0.5) is 22.7 Å². The Kier molecular flexibility index (Phi) is 6.45. The zero-order chi connectivity index (χ0) is 20.8. The Labute approximate surface area is 187 Å². The molecule has 6 heteroatoms. The van der Waals surface area contributed by atoms with Gasteiger partial charge in [-0.1, -0.05) is 72.9 Å². The van der Waals surface area contributed by atoms with E-state index in [9.17, 15) is 0 Å². The summed E-state index contributed by atoms with van der Waals surface area (Å²) in [6.45, 7) is 0. The predicted octanol–water partition coefficient (Wildman–Crippen LogP) is 5.31. The third-order valence-electron chi connectivity index (χ3n) is 4.69. The maximum absolute atomic E-state index is 4.35. The second-order valence-corrected chi connectivity index (χ2v) is 6.43. The number of nitrogens with zero attached hydrogens (tertiary/aromatic N) is 4. The van der Waals surface area contributed by atoms with Gasteiger partial charge in [0.1, 0.15) is 0 Å². The average Bonchev–Trinajstić information content (AvgIpc) is 2.85. The van der Waals surface area contributed by atoms with Crippen LogP contribution in [0, 0.1) is 0 Å². The van der Waals surface area contributed by atoms with E-state index in [-0.39, 0.29) is 0 Å². The van der Waals surface area contributed by atoms with Gasteiger partial charge in [0.2, 0.25) is 0 Å². The Morgan fingerprint density at radius 1 is 0.433 bits per heavy atom. The van der Waals surface area contributed by atoms with Gasteiger partial charge in [-0.25, -0.2) is 0 Å². The summed E-state index contributed by atoms with van der Waals surface area (Å²) in [5.41, 5.74) is 3.91. The van der Waals surface area contributed by atoms with Gasteiger partial charge in [0.15, 0.2) is 0 Å². The molecule has 0 amide bonds. The van der Waals surface area contributed by atoms with Gasteiger partial charge in [0.05, 0.1) is 0 Å². The van der Waals surface area contributed by atoms with Crippen LogP contribution in [0.1, 0.15) is 0 Å². The van der Waals surface area contributed by atoms with Crippen LogP contribution in [-0.4, -0.2) is 0 Å². The van der Waals surface area contributed by atoms with Crippen molar-refractivity contribution < 1.29 is 15.1 Å². The van der Waals surface area contributed by atoms with Crippen LogP contribution < -0.4 is 20.9 Å². The molecule has 4 aliphatic heterocycles. The molecule has 2 aromatic carbocycles. The molecule has 153 valence electrons. The molecule has 0 spiro atoms. The molecule has 30 heavy (non-hydrogen) atoms. The number of hydrogen-bond acceptors (Lipinski definition) is 0. The van der Waals surface area contributed by atoms with E-state index in [2.05, 4.69) is 95.0 Å². The van der Waals surface area contributed by atoms with Crippen molar-refractivity contribution in [3.05, 3.63) is 116 Å². The van der Waals surface area contributed by atoms with Crippen LogP contribution in [-0.2, 0) is 15.1 Å². The van der Waals surface area contributed by atoms with Gasteiger partial charge in [-0.05, 0) is 20.9 Å². The predicted molar refractivity (Wildman–Crippen MR) is 124 cm³/mol. The molecule has 4 nitrogen and oxygen atoms in total. The van der Waals surface area contributed by atoms with Crippen molar-refractivity contribution in [2.75, 3.05) is 0 Å². The van der Waals surface area contributed by atoms with E-state index < -0.39 is 0 Å². The molecule has 0 saturated heterocycles. The third kappa shape index (κ3) is 4.10. The molecule has 0 aromatic heterocycles. The molecular formula is C24H16ClCuN4-3. The van der Waals surface area contributed by atoms with Crippen LogP contribution >= 0.6 is 10.1 Å². The van der Waals surface area contributed by atoms with Crippen molar-refractivity contribution in [1.82, 2.24) is 0 Å². The summed E-state index contributed by atoms with van der Waals surface area (Å²) in [6, 6.07) is 8.30. The summed E-state index contributed by atoms with van der Waals surface area (Å²) in [5.74, 6) is 0. The van der Waals surface area contributed by atoms with E-state index in [1.807, 2.05) is 24.3 Å². The minimum absolute atomic E-state index is 0.977. The SMILES string of the molecule is C1=C[N-]c2c3c(ccc2=C1)=CC=C[N-]3.C1=C[N-]c2c3c(ccc2=C1)=CC=C[N-]3.[Cl][Cu+]. The molecule has 0 bridgehead atoms. The van der Waals surface area contributed by atoms with Crippen molar-refractivity contribution >= 4 is 57.2 Å². The zero-order valence-corrected chi connectivity index (χ0v) is 17.4. The molecule has 0 fully saturated rings. The molecule has 4 heterocycles. The Bertz CT molecular complexity index is 1110. The molecule has 0 atom stereocenters. The van der Waals surface area contributed by atoms with Gasteiger partial charge in [-0.3, -0.25) is 0 Å². The van der Waals surface area contributed by atoms with Crippen LogP contribution in [0.25, 0.3) is 45.6 Å². The quantitative estimate of drug-likeness (QED) is 0.480. The van der Waals surface area contributed by atoms with Crippen LogP contribution in [0.3, 0.4) is 0 Å². The minimum atomic E-state index is 0.977. The Morgan fingerprint density at radius 2 is 0.667 bits per heavy atom. The Balaban J connectivity index is 0.000000134. The number of allylic oxidation sites excluding steroid dienone is 4. The Hall–Kier alpha value is -3.11. The first kappa shape index (κ1) is 20.2. The summed E-state index contributed by atoms with van der Waals surface area (Å²) < 4.78 is 0. The van der Waals surface area contributed by atoms with E-state index in [1.165, 1.54) is 0 Å². The fourth-order valence-corrected chi connectivity index (χ4v) is 3.36. The summed E-state index contributed by atoms with van der Waals surface area (Å²) in [5, 5.41) is 21.9. The Morgan fingerprint density at radius 3 is 0.900 bits per heavy atom. The average molecular weight is 459 g/mol. The van der Waals surface area contributed by atoms with Gasteiger partial charge in [0.25, 0.3) is 0 Å². The van der Waals surface area contributed by atoms with Crippen LogP contribution in [0.5, 0.6) is 0 Å². The van der Waals surface area contributed by atoms with Crippen molar-refractivity contribution in [3.63, 3.8) is 0 Å². The second kappa shape index (κ2) is 9.59. The molecule has 0 unspecified atom stereocenters. The standard InChI is InChI=1S/2C12H8N2.ClH.Cu/c2*1-3-9-5-6-10-4-2-8-14-12(10)11(9)13-7-1;;/h2*1-8H;1H;/q2*-2;;+2/p-1. The van der Waals surface area contributed by atoms with E-state index in [0.29, 0.717) is 0 Å². The molecule has 0 saturated carbocycles. The number of benzene rings is 2. The summed E-state index contributed by atoms with van der Waals surface area (Å²) in [6.07, 6.45) is 23.2. The normalized spacial score (nSPS) is 14.6. The van der Waals surface area contributed by atoms with Gasteiger partial charge in [-0.2, -0.15) is 24.8 Å². The molecule has 4 aliphatic rings. The van der Waals surface area contributed by atoms with E-state index in [1.54, 1.807) is 24.8 Å². The van der Waals surface area contributed by atoms with Gasteiger partial charge < -0.3 is 21.3 Å². The first-order valence-electron chi connectivity index (χ1n) is 9.18. The number of fused-ring (bicyclic) bond motifs is 6. The van der Waals surface area contributed by atoms with Gasteiger partial charge in [0, 0.05) is 0 Å². The summed E-state index contributed by atoms with van der Waals surface area (Å²) >= 11 is 3.66. The molecule has 6 rings (SSSR count).